The molecule has 0 unspecified atom stereocenters. The van der Waals surface area contributed by atoms with E-state index in [4.69, 9.17) is 0 Å². The zero-order valence-corrected chi connectivity index (χ0v) is 8.16. The summed E-state index contributed by atoms with van der Waals surface area (Å²) in [7, 11) is 0. The van der Waals surface area contributed by atoms with Crippen LogP contribution in [0.2, 0.25) is 0 Å². The second kappa shape index (κ2) is 10.2. The van der Waals surface area contributed by atoms with Crippen molar-refractivity contribution in [3.63, 3.8) is 0 Å². The maximum atomic E-state index is 2.21. The highest BCUT2D eigenvalue weighted by Crippen LogP contribution is 1.94. The number of allylic oxidation sites excluding steroid dienone is 6. The number of hydrogen-bond acceptors (Lipinski definition) is 0. The highest BCUT2D eigenvalue weighted by atomic mass is 13.8. The fourth-order valence-corrected chi connectivity index (χ4v) is 0.784. The van der Waals surface area contributed by atoms with Crippen LogP contribution in [0, 0.1) is 6.42 Å². The zero-order chi connectivity index (χ0) is 9.07. The van der Waals surface area contributed by atoms with E-state index in [0.29, 0.717) is 0 Å². The fraction of sp³-hybridized carbons (Fsp3) is 0.417. The topological polar surface area (TPSA) is 0 Å². The summed E-state index contributed by atoms with van der Waals surface area (Å²) in [5, 5.41) is 0. The van der Waals surface area contributed by atoms with Crippen molar-refractivity contribution in [3.8, 4) is 0 Å². The molecule has 0 aromatic heterocycles. The van der Waals surface area contributed by atoms with Crippen molar-refractivity contribution in [2.45, 2.75) is 33.1 Å². The van der Waals surface area contributed by atoms with E-state index >= 15 is 0 Å². The predicted molar refractivity (Wildman–Crippen MR) is 56.9 cm³/mol. The standard InChI is InChI=1S/C12H19/c1-3-5-7-9-11-12-10-8-6-4-2/h3,5,7-10,12H,4,6,11H2,1-2H3/b5-3+,9-7+,10-8+. The summed E-state index contributed by atoms with van der Waals surface area (Å²) < 4.78 is 0. The van der Waals surface area contributed by atoms with Crippen molar-refractivity contribution >= 4 is 0 Å². The van der Waals surface area contributed by atoms with Gasteiger partial charge in [0.1, 0.15) is 0 Å². The van der Waals surface area contributed by atoms with Crippen LogP contribution in [0.25, 0.3) is 0 Å². The van der Waals surface area contributed by atoms with Crippen LogP contribution in [0.1, 0.15) is 33.1 Å². The van der Waals surface area contributed by atoms with Gasteiger partial charge < -0.3 is 0 Å². The van der Waals surface area contributed by atoms with E-state index in [1.54, 1.807) is 0 Å². The molecule has 0 saturated carbocycles. The van der Waals surface area contributed by atoms with Crippen LogP contribution in [0.15, 0.2) is 36.5 Å². The van der Waals surface area contributed by atoms with Crippen molar-refractivity contribution < 1.29 is 0 Å². The van der Waals surface area contributed by atoms with E-state index in [9.17, 15) is 0 Å². The molecular formula is C12H19. The summed E-state index contributed by atoms with van der Waals surface area (Å²) in [6.45, 7) is 4.21. The first-order valence-corrected chi connectivity index (χ1v) is 4.68. The molecule has 0 rings (SSSR count). The molecule has 0 spiro atoms. The Hall–Kier alpha value is -0.780. The molecule has 67 valence electrons. The third-order valence-electron chi connectivity index (χ3n) is 1.44. The van der Waals surface area contributed by atoms with Crippen LogP contribution in [0.5, 0.6) is 0 Å². The first-order chi connectivity index (χ1) is 5.91. The van der Waals surface area contributed by atoms with E-state index < -0.39 is 0 Å². The second-order valence-electron chi connectivity index (χ2n) is 2.64. The Morgan fingerprint density at radius 2 is 1.83 bits per heavy atom. The monoisotopic (exact) mass is 163 g/mol. The molecule has 0 saturated heterocycles. The Kier molecular flexibility index (Phi) is 9.56. The normalized spacial score (nSPS) is 12.5. The van der Waals surface area contributed by atoms with Crippen LogP contribution in [0.4, 0.5) is 0 Å². The lowest BCUT2D eigenvalue weighted by molar-refractivity contribution is 0.956. The molecule has 0 bridgehead atoms. The Labute approximate surface area is 76.7 Å². The van der Waals surface area contributed by atoms with Gasteiger partial charge >= 0.3 is 0 Å². The predicted octanol–water partition coefficient (Wildman–Crippen LogP) is 4.07. The third-order valence-corrected chi connectivity index (χ3v) is 1.44. The molecule has 0 heteroatoms. The van der Waals surface area contributed by atoms with Crippen molar-refractivity contribution in [2.75, 3.05) is 0 Å². The van der Waals surface area contributed by atoms with Gasteiger partial charge in [-0.15, -0.1) is 0 Å². The molecule has 0 fully saturated rings. The molecule has 12 heavy (non-hydrogen) atoms. The van der Waals surface area contributed by atoms with Crippen molar-refractivity contribution in [1.82, 2.24) is 0 Å². The van der Waals surface area contributed by atoms with Gasteiger partial charge in [0.15, 0.2) is 0 Å². The van der Waals surface area contributed by atoms with Gasteiger partial charge in [0, 0.05) is 0 Å². The highest BCUT2D eigenvalue weighted by Gasteiger charge is 1.76. The quantitative estimate of drug-likeness (QED) is 0.409. The maximum absolute atomic E-state index is 2.21. The average Bonchev–Trinajstić information content (AvgIpc) is 2.10. The van der Waals surface area contributed by atoms with Crippen molar-refractivity contribution in [3.05, 3.63) is 42.9 Å². The summed E-state index contributed by atoms with van der Waals surface area (Å²) >= 11 is 0. The first kappa shape index (κ1) is 11.2. The zero-order valence-electron chi connectivity index (χ0n) is 8.16. The van der Waals surface area contributed by atoms with Crippen molar-refractivity contribution in [2.24, 2.45) is 0 Å². The number of hydrogen-bond donors (Lipinski definition) is 0. The van der Waals surface area contributed by atoms with E-state index in [1.807, 2.05) is 19.1 Å². The lowest BCUT2D eigenvalue weighted by atomic mass is 10.2. The fourth-order valence-electron chi connectivity index (χ4n) is 0.784. The second-order valence-corrected chi connectivity index (χ2v) is 2.64. The Bertz CT molecular complexity index is 149. The van der Waals surface area contributed by atoms with E-state index in [-0.39, 0.29) is 0 Å². The lowest BCUT2D eigenvalue weighted by Crippen LogP contribution is -1.66. The Morgan fingerprint density at radius 3 is 2.50 bits per heavy atom. The van der Waals surface area contributed by atoms with Crippen LogP contribution < -0.4 is 0 Å². The molecule has 0 aliphatic rings. The summed E-state index contributed by atoms with van der Waals surface area (Å²) in [5.74, 6) is 0. The van der Waals surface area contributed by atoms with Crippen LogP contribution >= 0.6 is 0 Å². The molecule has 0 atom stereocenters. The Balaban J connectivity index is 3.20. The van der Waals surface area contributed by atoms with E-state index in [1.165, 1.54) is 12.8 Å². The molecule has 0 amide bonds. The van der Waals surface area contributed by atoms with Crippen LogP contribution in [0.3, 0.4) is 0 Å². The smallest absolute Gasteiger partial charge is 0.0133 e. The summed E-state index contributed by atoms with van der Waals surface area (Å²) in [6, 6.07) is 0. The van der Waals surface area contributed by atoms with Gasteiger partial charge in [0.2, 0.25) is 0 Å². The number of unbranched alkanes of at least 4 members (excludes halogenated alkanes) is 2. The first-order valence-electron chi connectivity index (χ1n) is 4.68. The molecule has 1 radical (unpaired) electrons. The van der Waals surface area contributed by atoms with Gasteiger partial charge in [-0.3, -0.25) is 0 Å². The van der Waals surface area contributed by atoms with E-state index in [0.717, 1.165) is 6.42 Å². The van der Waals surface area contributed by atoms with Gasteiger partial charge in [0.05, 0.1) is 0 Å². The molecule has 0 aromatic rings. The minimum Gasteiger partial charge on any atom is -0.0882 e. The lowest BCUT2D eigenvalue weighted by Gasteiger charge is -1.85. The third kappa shape index (κ3) is 9.22. The molecule has 0 nitrogen and oxygen atoms in total. The summed E-state index contributed by atoms with van der Waals surface area (Å²) in [6.07, 6.45) is 18.3. The highest BCUT2D eigenvalue weighted by molar-refractivity contribution is 5.05. The van der Waals surface area contributed by atoms with E-state index in [2.05, 4.69) is 37.6 Å². The molecule has 0 aliphatic carbocycles. The molecule has 0 aromatic carbocycles. The maximum Gasteiger partial charge on any atom is -0.0133 e. The Morgan fingerprint density at radius 1 is 1.00 bits per heavy atom. The molecular weight excluding hydrogens is 144 g/mol. The van der Waals surface area contributed by atoms with Gasteiger partial charge in [0.25, 0.3) is 0 Å². The minimum atomic E-state index is 1.03. The molecule has 0 aliphatic heterocycles. The summed E-state index contributed by atoms with van der Waals surface area (Å²) in [4.78, 5) is 0. The SMILES string of the molecule is C/C=C/C=C/C[CH]/C=C/CCC. The largest absolute Gasteiger partial charge is 0.0882 e. The average molecular weight is 163 g/mol. The van der Waals surface area contributed by atoms with Crippen LogP contribution in [-0.2, 0) is 0 Å². The minimum absolute atomic E-state index is 1.03. The van der Waals surface area contributed by atoms with Gasteiger partial charge in [-0.2, -0.15) is 0 Å². The van der Waals surface area contributed by atoms with Gasteiger partial charge in [-0.1, -0.05) is 49.8 Å². The molecule has 0 heterocycles. The van der Waals surface area contributed by atoms with Gasteiger partial charge in [-0.05, 0) is 26.2 Å². The van der Waals surface area contributed by atoms with Gasteiger partial charge in [-0.25, -0.2) is 0 Å². The summed E-state index contributed by atoms with van der Waals surface area (Å²) in [5.41, 5.74) is 0. The number of rotatable bonds is 6. The van der Waals surface area contributed by atoms with Crippen LogP contribution in [-0.4, -0.2) is 0 Å². The molecule has 0 N–H and O–H groups in total. The van der Waals surface area contributed by atoms with Crippen molar-refractivity contribution in [1.29, 1.82) is 0 Å².